The van der Waals surface area contributed by atoms with Crippen molar-refractivity contribution in [3.63, 3.8) is 0 Å². The number of aromatic nitrogens is 4. The lowest BCUT2D eigenvalue weighted by Gasteiger charge is -2.08. The van der Waals surface area contributed by atoms with Crippen LogP contribution in [0, 0.1) is 6.92 Å². The summed E-state index contributed by atoms with van der Waals surface area (Å²) in [6.07, 6.45) is 1.20. The Morgan fingerprint density at radius 1 is 1.56 bits per heavy atom. The predicted octanol–water partition coefficient (Wildman–Crippen LogP) is -0.00838. The molecule has 0 aliphatic heterocycles. The molecule has 0 fully saturated rings. The van der Waals surface area contributed by atoms with Crippen LogP contribution in [0.4, 0.5) is 0 Å². The van der Waals surface area contributed by atoms with Crippen LogP contribution in [0.15, 0.2) is 21.8 Å². The maximum absolute atomic E-state index is 11.7. The highest BCUT2D eigenvalue weighted by atomic mass is 16.5. The molecule has 84 valence electrons. The molecule has 0 radical (unpaired) electrons. The summed E-state index contributed by atoms with van der Waals surface area (Å²) < 4.78 is 10.9. The third-order valence-electron chi connectivity index (χ3n) is 1.99. The minimum absolute atomic E-state index is 0.172. The maximum Gasteiger partial charge on any atom is 0.299 e. The van der Waals surface area contributed by atoms with Crippen molar-refractivity contribution in [1.82, 2.24) is 19.7 Å². The van der Waals surface area contributed by atoms with Crippen molar-refractivity contribution in [2.24, 2.45) is 0 Å². The first-order valence-electron chi connectivity index (χ1n) is 4.58. The molecule has 2 rings (SSSR count). The van der Waals surface area contributed by atoms with Crippen LogP contribution in [-0.2, 0) is 6.54 Å². The van der Waals surface area contributed by atoms with Gasteiger partial charge in [-0.25, -0.2) is 4.98 Å². The molecule has 0 amide bonds. The lowest BCUT2D eigenvalue weighted by atomic mass is 10.4. The van der Waals surface area contributed by atoms with Gasteiger partial charge in [0.2, 0.25) is 6.39 Å². The topological polar surface area (TPSA) is 83.0 Å². The number of rotatable bonds is 3. The van der Waals surface area contributed by atoms with Crippen LogP contribution in [0.1, 0.15) is 11.5 Å². The standard InChI is InChI=1S/C9H10N4O3/c1-6-3-8(14)13(9(11-6)15-2)4-7-10-5-16-12-7/h3,5H,4H2,1-2H3. The summed E-state index contributed by atoms with van der Waals surface area (Å²) in [5.41, 5.74) is 0.389. The van der Waals surface area contributed by atoms with E-state index in [2.05, 4.69) is 19.6 Å². The molecule has 2 heterocycles. The molecule has 16 heavy (non-hydrogen) atoms. The van der Waals surface area contributed by atoms with Gasteiger partial charge in [-0.3, -0.25) is 9.36 Å². The van der Waals surface area contributed by atoms with Gasteiger partial charge < -0.3 is 9.26 Å². The van der Waals surface area contributed by atoms with Crippen molar-refractivity contribution >= 4 is 0 Å². The lowest BCUT2D eigenvalue weighted by molar-refractivity contribution is 0.345. The van der Waals surface area contributed by atoms with Gasteiger partial charge in [0.1, 0.15) is 0 Å². The molecule has 2 aromatic heterocycles. The van der Waals surface area contributed by atoms with Crippen LogP contribution in [0.3, 0.4) is 0 Å². The SMILES string of the molecule is COc1nc(C)cc(=O)n1Cc1ncon1. The number of methoxy groups -OCH3 is 1. The van der Waals surface area contributed by atoms with Crippen molar-refractivity contribution in [1.29, 1.82) is 0 Å². The Hall–Kier alpha value is -2.18. The Balaban J connectivity index is 2.43. The Morgan fingerprint density at radius 2 is 2.38 bits per heavy atom. The Bertz CT molecular complexity index is 532. The molecule has 7 heteroatoms. The van der Waals surface area contributed by atoms with Gasteiger partial charge in [-0.15, -0.1) is 0 Å². The second kappa shape index (κ2) is 4.13. The van der Waals surface area contributed by atoms with Gasteiger partial charge in [0, 0.05) is 11.8 Å². The van der Waals surface area contributed by atoms with Gasteiger partial charge in [0.25, 0.3) is 11.6 Å². The molecule has 0 aromatic carbocycles. The number of ether oxygens (including phenoxy) is 1. The molecular weight excluding hydrogens is 212 g/mol. The van der Waals surface area contributed by atoms with Crippen LogP contribution in [-0.4, -0.2) is 26.8 Å². The zero-order valence-corrected chi connectivity index (χ0v) is 8.88. The molecule has 0 bridgehead atoms. The Labute approximate surface area is 90.7 Å². The van der Waals surface area contributed by atoms with Crippen LogP contribution in [0.2, 0.25) is 0 Å². The summed E-state index contributed by atoms with van der Waals surface area (Å²) >= 11 is 0. The summed E-state index contributed by atoms with van der Waals surface area (Å²) in [7, 11) is 1.45. The summed E-state index contributed by atoms with van der Waals surface area (Å²) in [6, 6.07) is 1.65. The summed E-state index contributed by atoms with van der Waals surface area (Å²) in [6.45, 7) is 1.90. The molecule has 7 nitrogen and oxygen atoms in total. The minimum Gasteiger partial charge on any atom is -0.468 e. The Kier molecular flexibility index (Phi) is 2.67. The van der Waals surface area contributed by atoms with E-state index < -0.39 is 0 Å². The smallest absolute Gasteiger partial charge is 0.299 e. The van der Waals surface area contributed by atoms with Gasteiger partial charge in [0.05, 0.1) is 13.7 Å². The molecule has 0 aliphatic rings. The molecule has 2 aromatic rings. The van der Waals surface area contributed by atoms with Crippen LogP contribution in [0.25, 0.3) is 0 Å². The van der Waals surface area contributed by atoms with Crippen molar-refractivity contribution in [3.05, 3.63) is 34.3 Å². The molecule has 0 saturated carbocycles. The van der Waals surface area contributed by atoms with E-state index in [9.17, 15) is 4.79 Å². The third kappa shape index (κ3) is 1.92. The van der Waals surface area contributed by atoms with Crippen LogP contribution in [0.5, 0.6) is 6.01 Å². The average Bonchev–Trinajstić information content (AvgIpc) is 2.74. The van der Waals surface area contributed by atoms with Crippen LogP contribution < -0.4 is 10.3 Å². The van der Waals surface area contributed by atoms with Gasteiger partial charge >= 0.3 is 0 Å². The molecular formula is C9H10N4O3. The zero-order valence-electron chi connectivity index (χ0n) is 8.88. The van der Waals surface area contributed by atoms with E-state index in [4.69, 9.17) is 4.74 Å². The lowest BCUT2D eigenvalue weighted by Crippen LogP contribution is -2.23. The first-order valence-corrected chi connectivity index (χ1v) is 4.58. The fraction of sp³-hybridized carbons (Fsp3) is 0.333. The molecule has 0 unspecified atom stereocenters. The van der Waals surface area contributed by atoms with Gasteiger partial charge in [0.15, 0.2) is 5.82 Å². The first-order chi connectivity index (χ1) is 7.70. The quantitative estimate of drug-likeness (QED) is 0.726. The molecule has 0 atom stereocenters. The van der Waals surface area contributed by atoms with Crippen molar-refractivity contribution in [3.8, 4) is 6.01 Å². The molecule has 0 aliphatic carbocycles. The van der Waals surface area contributed by atoms with E-state index in [1.165, 1.54) is 24.1 Å². The van der Waals surface area contributed by atoms with Gasteiger partial charge in [-0.2, -0.15) is 4.98 Å². The van der Waals surface area contributed by atoms with E-state index >= 15 is 0 Å². The number of hydrogen-bond donors (Lipinski definition) is 0. The van der Waals surface area contributed by atoms with Gasteiger partial charge in [-0.05, 0) is 6.92 Å². The van der Waals surface area contributed by atoms with Crippen molar-refractivity contribution in [2.75, 3.05) is 7.11 Å². The second-order valence-electron chi connectivity index (χ2n) is 3.16. The average molecular weight is 222 g/mol. The van der Waals surface area contributed by atoms with E-state index in [1.807, 2.05) is 0 Å². The number of nitrogens with zero attached hydrogens (tertiary/aromatic N) is 4. The zero-order chi connectivity index (χ0) is 11.5. The fourth-order valence-electron chi connectivity index (χ4n) is 1.30. The first kappa shape index (κ1) is 10.3. The number of aryl methyl sites for hydroxylation is 1. The summed E-state index contributed by atoms with van der Waals surface area (Å²) in [4.78, 5) is 19.6. The number of hydrogen-bond acceptors (Lipinski definition) is 6. The van der Waals surface area contributed by atoms with Crippen LogP contribution >= 0.6 is 0 Å². The molecule has 0 N–H and O–H groups in total. The maximum atomic E-state index is 11.7. The predicted molar refractivity (Wildman–Crippen MR) is 53.2 cm³/mol. The fourth-order valence-corrected chi connectivity index (χ4v) is 1.30. The van der Waals surface area contributed by atoms with E-state index in [-0.39, 0.29) is 18.1 Å². The normalized spacial score (nSPS) is 10.4. The van der Waals surface area contributed by atoms with Gasteiger partial charge in [-0.1, -0.05) is 5.16 Å². The largest absolute Gasteiger partial charge is 0.468 e. The highest BCUT2D eigenvalue weighted by molar-refractivity contribution is 5.08. The van der Waals surface area contributed by atoms with Crippen molar-refractivity contribution in [2.45, 2.75) is 13.5 Å². The van der Waals surface area contributed by atoms with Crippen molar-refractivity contribution < 1.29 is 9.26 Å². The summed E-state index contributed by atoms with van der Waals surface area (Å²) in [5, 5.41) is 3.62. The highest BCUT2D eigenvalue weighted by Gasteiger charge is 2.10. The van der Waals surface area contributed by atoms with E-state index in [0.29, 0.717) is 11.5 Å². The van der Waals surface area contributed by atoms with E-state index in [0.717, 1.165) is 0 Å². The second-order valence-corrected chi connectivity index (χ2v) is 3.16. The highest BCUT2D eigenvalue weighted by Crippen LogP contribution is 2.05. The Morgan fingerprint density at radius 3 is 3.00 bits per heavy atom. The molecule has 0 spiro atoms. The van der Waals surface area contributed by atoms with E-state index in [1.54, 1.807) is 6.92 Å². The minimum atomic E-state index is -0.214. The third-order valence-corrected chi connectivity index (χ3v) is 1.99. The summed E-state index contributed by atoms with van der Waals surface area (Å²) in [5.74, 6) is 0.394. The molecule has 0 saturated heterocycles. The monoisotopic (exact) mass is 222 g/mol.